The lowest BCUT2D eigenvalue weighted by Crippen LogP contribution is -2.32. The Balaban J connectivity index is 1.43. The molecular formula is C24H33NO4. The molecule has 2 fully saturated rings. The SMILES string of the molecule is O=C(O)CCCCCCN1C(=O)CCC1/C=C/[C@@H](O)Cc1cccc(C2CC2)c1. The number of aliphatic hydroxyl groups is 1. The normalized spacial score (nSPS) is 20.5. The molecule has 2 aliphatic rings. The maximum Gasteiger partial charge on any atom is 0.303 e. The molecule has 1 aromatic rings. The highest BCUT2D eigenvalue weighted by molar-refractivity contribution is 5.79. The van der Waals surface area contributed by atoms with Crippen molar-refractivity contribution in [3.8, 4) is 0 Å². The Bertz CT molecular complexity index is 725. The molecule has 1 unspecified atom stereocenters. The van der Waals surface area contributed by atoms with Gasteiger partial charge in [-0.3, -0.25) is 9.59 Å². The predicted molar refractivity (Wildman–Crippen MR) is 113 cm³/mol. The molecule has 5 heteroatoms. The minimum absolute atomic E-state index is 0.0639. The van der Waals surface area contributed by atoms with E-state index in [4.69, 9.17) is 5.11 Å². The van der Waals surface area contributed by atoms with Crippen LogP contribution < -0.4 is 0 Å². The molecule has 1 aliphatic heterocycles. The maximum absolute atomic E-state index is 12.2. The summed E-state index contributed by atoms with van der Waals surface area (Å²) in [6.07, 6.45) is 11.4. The van der Waals surface area contributed by atoms with Crippen LogP contribution in [-0.4, -0.2) is 45.7 Å². The molecule has 158 valence electrons. The number of unbranched alkanes of at least 4 members (excludes halogenated alkanes) is 3. The Morgan fingerprint density at radius 3 is 2.72 bits per heavy atom. The van der Waals surface area contributed by atoms with Crippen molar-refractivity contribution >= 4 is 11.9 Å². The van der Waals surface area contributed by atoms with E-state index in [1.807, 2.05) is 17.1 Å². The Morgan fingerprint density at radius 2 is 1.97 bits per heavy atom. The third kappa shape index (κ3) is 7.00. The third-order valence-corrected chi connectivity index (χ3v) is 5.91. The fourth-order valence-electron chi connectivity index (χ4n) is 4.12. The number of hydrogen-bond acceptors (Lipinski definition) is 3. The van der Waals surface area contributed by atoms with Crippen LogP contribution in [0.4, 0.5) is 0 Å². The summed E-state index contributed by atoms with van der Waals surface area (Å²) >= 11 is 0. The number of carbonyl (C=O) groups is 2. The minimum Gasteiger partial charge on any atom is -0.481 e. The highest BCUT2D eigenvalue weighted by Gasteiger charge is 2.28. The van der Waals surface area contributed by atoms with Crippen LogP contribution in [0, 0.1) is 0 Å². The number of amides is 1. The van der Waals surface area contributed by atoms with E-state index in [0.29, 0.717) is 31.7 Å². The van der Waals surface area contributed by atoms with Crippen molar-refractivity contribution in [2.24, 2.45) is 0 Å². The number of carboxylic acids is 1. The molecule has 1 aliphatic carbocycles. The molecule has 0 aromatic heterocycles. The molecular weight excluding hydrogens is 366 g/mol. The molecule has 3 rings (SSSR count). The Labute approximate surface area is 173 Å². The number of carbonyl (C=O) groups excluding carboxylic acids is 1. The summed E-state index contributed by atoms with van der Waals surface area (Å²) in [6, 6.07) is 8.60. The van der Waals surface area contributed by atoms with Gasteiger partial charge in [0.1, 0.15) is 0 Å². The van der Waals surface area contributed by atoms with E-state index in [9.17, 15) is 14.7 Å². The minimum atomic E-state index is -0.747. The van der Waals surface area contributed by atoms with Crippen molar-refractivity contribution in [1.82, 2.24) is 4.90 Å². The van der Waals surface area contributed by atoms with E-state index in [1.165, 1.54) is 18.4 Å². The zero-order valence-electron chi connectivity index (χ0n) is 17.1. The summed E-state index contributed by atoms with van der Waals surface area (Å²) in [6.45, 7) is 0.709. The second-order valence-electron chi connectivity index (χ2n) is 8.43. The molecule has 0 bridgehead atoms. The highest BCUT2D eigenvalue weighted by atomic mass is 16.4. The van der Waals surface area contributed by atoms with Crippen LogP contribution in [-0.2, 0) is 16.0 Å². The van der Waals surface area contributed by atoms with Gasteiger partial charge in [-0.25, -0.2) is 0 Å². The van der Waals surface area contributed by atoms with Crippen LogP contribution in [0.3, 0.4) is 0 Å². The summed E-state index contributed by atoms with van der Waals surface area (Å²) in [5, 5.41) is 19.1. The summed E-state index contributed by atoms with van der Waals surface area (Å²) < 4.78 is 0. The lowest BCUT2D eigenvalue weighted by atomic mass is 10.0. The van der Waals surface area contributed by atoms with E-state index in [2.05, 4.69) is 24.3 Å². The number of hydrogen-bond donors (Lipinski definition) is 2. The van der Waals surface area contributed by atoms with Crippen molar-refractivity contribution in [3.05, 3.63) is 47.5 Å². The van der Waals surface area contributed by atoms with Gasteiger partial charge in [0, 0.05) is 25.8 Å². The number of rotatable bonds is 12. The zero-order valence-corrected chi connectivity index (χ0v) is 17.1. The standard InChI is InChI=1S/C24H33NO4/c26-22(17-18-6-5-7-20(16-18)19-9-10-19)13-11-21-12-14-23(27)25(21)15-4-2-1-3-8-24(28)29/h5-7,11,13,16,19,21-22,26H,1-4,8-10,12,14-15,17H2,(H,28,29)/b13-11+/t21?,22-/m1/s1. The molecule has 0 radical (unpaired) electrons. The zero-order chi connectivity index (χ0) is 20.6. The largest absolute Gasteiger partial charge is 0.481 e. The van der Waals surface area contributed by atoms with Crippen LogP contribution in [0.2, 0.25) is 0 Å². The van der Waals surface area contributed by atoms with Gasteiger partial charge in [-0.1, -0.05) is 49.3 Å². The van der Waals surface area contributed by atoms with Gasteiger partial charge < -0.3 is 15.1 Å². The van der Waals surface area contributed by atoms with Gasteiger partial charge in [0.25, 0.3) is 0 Å². The molecule has 1 heterocycles. The van der Waals surface area contributed by atoms with Gasteiger partial charge in [-0.05, 0) is 49.1 Å². The summed E-state index contributed by atoms with van der Waals surface area (Å²) in [5.41, 5.74) is 2.54. The third-order valence-electron chi connectivity index (χ3n) is 5.91. The number of nitrogens with zero attached hydrogens (tertiary/aromatic N) is 1. The van der Waals surface area contributed by atoms with E-state index in [0.717, 1.165) is 31.2 Å². The molecule has 2 atom stereocenters. The second kappa shape index (κ2) is 10.6. The lowest BCUT2D eigenvalue weighted by Gasteiger charge is -2.22. The first-order chi connectivity index (χ1) is 14.0. The topological polar surface area (TPSA) is 77.8 Å². The Hall–Kier alpha value is -2.14. The summed E-state index contributed by atoms with van der Waals surface area (Å²) in [5.74, 6) is 0.143. The van der Waals surface area contributed by atoms with Crippen LogP contribution in [0.25, 0.3) is 0 Å². The van der Waals surface area contributed by atoms with E-state index in [-0.39, 0.29) is 18.4 Å². The van der Waals surface area contributed by atoms with Crippen LogP contribution >= 0.6 is 0 Å². The van der Waals surface area contributed by atoms with Crippen LogP contribution in [0.1, 0.15) is 74.8 Å². The first kappa shape index (κ1) is 21.6. The molecule has 1 saturated carbocycles. The average Bonchev–Trinajstić information content (AvgIpc) is 3.48. The fourth-order valence-corrected chi connectivity index (χ4v) is 4.12. The van der Waals surface area contributed by atoms with Crippen molar-refractivity contribution in [2.75, 3.05) is 6.54 Å². The highest BCUT2D eigenvalue weighted by Crippen LogP contribution is 2.40. The first-order valence-corrected chi connectivity index (χ1v) is 11.0. The molecule has 5 nitrogen and oxygen atoms in total. The van der Waals surface area contributed by atoms with Crippen molar-refractivity contribution in [2.45, 2.75) is 82.3 Å². The van der Waals surface area contributed by atoms with Crippen molar-refractivity contribution in [3.63, 3.8) is 0 Å². The number of likely N-dealkylation sites (tertiary alicyclic amines) is 1. The monoisotopic (exact) mass is 399 g/mol. The molecule has 0 spiro atoms. The van der Waals surface area contributed by atoms with E-state index >= 15 is 0 Å². The van der Waals surface area contributed by atoms with Gasteiger partial charge >= 0.3 is 5.97 Å². The summed E-state index contributed by atoms with van der Waals surface area (Å²) in [4.78, 5) is 24.6. The first-order valence-electron chi connectivity index (χ1n) is 11.0. The van der Waals surface area contributed by atoms with Gasteiger partial charge in [-0.2, -0.15) is 0 Å². The van der Waals surface area contributed by atoms with E-state index in [1.54, 1.807) is 0 Å². The predicted octanol–water partition coefficient (Wildman–Crippen LogP) is 4.05. The Morgan fingerprint density at radius 1 is 1.17 bits per heavy atom. The quantitative estimate of drug-likeness (QED) is 0.411. The van der Waals surface area contributed by atoms with Gasteiger partial charge in [0.05, 0.1) is 12.1 Å². The molecule has 1 aromatic carbocycles. The number of aliphatic carboxylic acids is 1. The molecule has 1 saturated heterocycles. The average molecular weight is 400 g/mol. The van der Waals surface area contributed by atoms with Crippen LogP contribution in [0.15, 0.2) is 36.4 Å². The van der Waals surface area contributed by atoms with Gasteiger partial charge in [0.15, 0.2) is 0 Å². The second-order valence-corrected chi connectivity index (χ2v) is 8.43. The van der Waals surface area contributed by atoms with Crippen LogP contribution in [0.5, 0.6) is 0 Å². The van der Waals surface area contributed by atoms with Gasteiger partial charge in [0.2, 0.25) is 5.91 Å². The fraction of sp³-hybridized carbons (Fsp3) is 0.583. The number of benzene rings is 1. The molecule has 1 amide bonds. The maximum atomic E-state index is 12.2. The molecule has 29 heavy (non-hydrogen) atoms. The Kier molecular flexibility index (Phi) is 7.87. The van der Waals surface area contributed by atoms with E-state index < -0.39 is 12.1 Å². The lowest BCUT2D eigenvalue weighted by molar-refractivity contribution is -0.137. The van der Waals surface area contributed by atoms with Crippen molar-refractivity contribution < 1.29 is 19.8 Å². The molecule has 2 N–H and O–H groups in total. The number of carboxylic acid groups (broad SMARTS) is 1. The van der Waals surface area contributed by atoms with Crippen molar-refractivity contribution in [1.29, 1.82) is 0 Å². The number of aliphatic hydroxyl groups excluding tert-OH is 1. The smallest absolute Gasteiger partial charge is 0.303 e. The summed E-state index contributed by atoms with van der Waals surface area (Å²) in [7, 11) is 0. The van der Waals surface area contributed by atoms with Gasteiger partial charge in [-0.15, -0.1) is 0 Å².